The molecule has 1 fully saturated rings. The number of sulfonamides is 1. The molecule has 0 radical (unpaired) electrons. The van der Waals surface area contributed by atoms with E-state index in [4.69, 9.17) is 15.2 Å². The Kier molecular flexibility index (Phi) is 6.50. The number of aromatic nitrogens is 2. The standard InChI is InChI=1S/C24H27FN6O5S/c1-13-17(11-29-23-22(13)27-5-8-35-23)16-9-14-10-19(28-12-18(14)21(26)20(16)25)30-24(32)36-15-3-6-31(7-4-15)37(2,33)34/h9-12,15,27H,3-8,26H2,1-2H3,(H,28,30,32). The van der Waals surface area contributed by atoms with Crippen LogP contribution in [0.15, 0.2) is 24.5 Å². The van der Waals surface area contributed by atoms with E-state index in [0.29, 0.717) is 53.9 Å². The molecule has 1 amide bonds. The van der Waals surface area contributed by atoms with Crippen LogP contribution in [0.1, 0.15) is 18.4 Å². The van der Waals surface area contributed by atoms with Gasteiger partial charge in [-0.2, -0.15) is 0 Å². The first-order chi connectivity index (χ1) is 17.6. The zero-order valence-corrected chi connectivity index (χ0v) is 21.2. The monoisotopic (exact) mass is 530 g/mol. The number of anilines is 3. The van der Waals surface area contributed by atoms with E-state index < -0.39 is 28.0 Å². The van der Waals surface area contributed by atoms with Crippen molar-refractivity contribution < 1.29 is 27.1 Å². The molecule has 2 aliphatic rings. The molecule has 0 atom stereocenters. The number of nitrogen functional groups attached to an aromatic ring is 1. The SMILES string of the molecule is Cc1c(-c2cc3cc(NC(=O)OC4CCN(S(C)(=O)=O)CC4)ncc3c(N)c2F)cnc2c1NCCO2. The van der Waals surface area contributed by atoms with Crippen LogP contribution in [0.3, 0.4) is 0 Å². The molecule has 0 spiro atoms. The van der Waals surface area contributed by atoms with Crippen LogP contribution in [0.25, 0.3) is 21.9 Å². The molecule has 13 heteroatoms. The van der Waals surface area contributed by atoms with Gasteiger partial charge in [0.05, 0.1) is 11.9 Å². The Labute approximate surface area is 213 Å². The van der Waals surface area contributed by atoms with Crippen LogP contribution in [0.4, 0.5) is 26.4 Å². The fraction of sp³-hybridized carbons (Fsp3) is 0.375. The number of benzene rings is 1. The third kappa shape index (κ3) is 4.96. The van der Waals surface area contributed by atoms with Gasteiger partial charge in [-0.1, -0.05) is 0 Å². The number of hydrogen-bond donors (Lipinski definition) is 3. The van der Waals surface area contributed by atoms with Crippen LogP contribution in [-0.4, -0.2) is 67.4 Å². The van der Waals surface area contributed by atoms with Gasteiger partial charge in [0.2, 0.25) is 15.9 Å². The number of nitrogens with two attached hydrogens (primary N) is 1. The third-order valence-electron chi connectivity index (χ3n) is 6.61. The number of nitrogens with zero attached hydrogens (tertiary/aromatic N) is 3. The van der Waals surface area contributed by atoms with E-state index >= 15 is 4.39 Å². The molecule has 2 aromatic heterocycles. The predicted octanol–water partition coefficient (Wildman–Crippen LogP) is 3.10. The van der Waals surface area contributed by atoms with E-state index in [1.165, 1.54) is 10.5 Å². The highest BCUT2D eigenvalue weighted by molar-refractivity contribution is 7.88. The molecule has 1 aromatic carbocycles. The zero-order valence-electron chi connectivity index (χ0n) is 20.4. The van der Waals surface area contributed by atoms with Gasteiger partial charge in [-0.25, -0.2) is 31.9 Å². The van der Waals surface area contributed by atoms with Crippen molar-refractivity contribution in [2.45, 2.75) is 25.9 Å². The van der Waals surface area contributed by atoms with Gasteiger partial charge in [0, 0.05) is 48.5 Å². The molecular weight excluding hydrogens is 503 g/mol. The number of nitrogens with one attached hydrogen (secondary N) is 2. The highest BCUT2D eigenvalue weighted by Gasteiger charge is 2.27. The first-order valence-corrected chi connectivity index (χ1v) is 13.6. The number of rotatable bonds is 4. The zero-order chi connectivity index (χ0) is 26.3. The minimum absolute atomic E-state index is 0.0620. The maximum Gasteiger partial charge on any atom is 0.413 e. The Morgan fingerprint density at radius 1 is 1.24 bits per heavy atom. The van der Waals surface area contributed by atoms with Crippen LogP contribution in [-0.2, 0) is 14.8 Å². The van der Waals surface area contributed by atoms with Crippen molar-refractivity contribution in [2.24, 2.45) is 0 Å². The van der Waals surface area contributed by atoms with Crippen LogP contribution in [0, 0.1) is 12.7 Å². The molecule has 3 aromatic rings. The second kappa shape index (κ2) is 9.63. The average molecular weight is 531 g/mol. The number of ether oxygens (including phenoxy) is 2. The number of piperidine rings is 1. The van der Waals surface area contributed by atoms with Crippen molar-refractivity contribution in [3.05, 3.63) is 35.9 Å². The van der Waals surface area contributed by atoms with Crippen molar-refractivity contribution in [2.75, 3.05) is 48.9 Å². The fourth-order valence-corrected chi connectivity index (χ4v) is 5.50. The second-order valence-electron chi connectivity index (χ2n) is 9.09. The summed E-state index contributed by atoms with van der Waals surface area (Å²) in [6.07, 6.45) is 3.79. The molecule has 11 nitrogen and oxygen atoms in total. The molecule has 196 valence electrons. The number of hydrogen-bond acceptors (Lipinski definition) is 9. The normalized spacial score (nSPS) is 16.5. The van der Waals surface area contributed by atoms with E-state index in [1.807, 2.05) is 6.92 Å². The van der Waals surface area contributed by atoms with Gasteiger partial charge in [-0.05, 0) is 42.8 Å². The smallest absolute Gasteiger partial charge is 0.413 e. The number of halogens is 1. The van der Waals surface area contributed by atoms with E-state index in [2.05, 4.69) is 20.6 Å². The number of amides is 1. The van der Waals surface area contributed by atoms with Gasteiger partial charge in [0.1, 0.15) is 24.2 Å². The van der Waals surface area contributed by atoms with Crippen LogP contribution in [0.5, 0.6) is 5.88 Å². The molecule has 4 heterocycles. The molecular formula is C24H27FN6O5S. The highest BCUT2D eigenvalue weighted by Crippen LogP contribution is 2.39. The lowest BCUT2D eigenvalue weighted by Gasteiger charge is -2.29. The summed E-state index contributed by atoms with van der Waals surface area (Å²) in [5.41, 5.74) is 8.38. The maximum atomic E-state index is 15.3. The lowest BCUT2D eigenvalue weighted by atomic mass is 9.97. The molecule has 37 heavy (non-hydrogen) atoms. The molecule has 0 saturated carbocycles. The van der Waals surface area contributed by atoms with Crippen molar-refractivity contribution in [1.82, 2.24) is 14.3 Å². The maximum absolute atomic E-state index is 15.3. The van der Waals surface area contributed by atoms with Crippen molar-refractivity contribution in [3.63, 3.8) is 0 Å². The van der Waals surface area contributed by atoms with Crippen LogP contribution in [0.2, 0.25) is 0 Å². The van der Waals surface area contributed by atoms with Crippen molar-refractivity contribution in [1.29, 1.82) is 0 Å². The largest absolute Gasteiger partial charge is 0.474 e. The average Bonchev–Trinajstić information content (AvgIpc) is 2.86. The van der Waals surface area contributed by atoms with Gasteiger partial charge in [0.15, 0.2) is 5.82 Å². The second-order valence-corrected chi connectivity index (χ2v) is 11.1. The summed E-state index contributed by atoms with van der Waals surface area (Å²) < 4.78 is 51.0. The summed E-state index contributed by atoms with van der Waals surface area (Å²) >= 11 is 0. The van der Waals surface area contributed by atoms with Crippen LogP contribution >= 0.6 is 0 Å². The summed E-state index contributed by atoms with van der Waals surface area (Å²) in [6, 6.07) is 3.23. The van der Waals surface area contributed by atoms with E-state index in [-0.39, 0.29) is 30.2 Å². The predicted molar refractivity (Wildman–Crippen MR) is 138 cm³/mol. The Hall–Kier alpha value is -3.71. The number of pyridine rings is 2. The molecule has 0 unspecified atom stereocenters. The van der Waals surface area contributed by atoms with Gasteiger partial charge < -0.3 is 20.5 Å². The quantitative estimate of drug-likeness (QED) is 0.433. The summed E-state index contributed by atoms with van der Waals surface area (Å²) in [5.74, 6) is 0.0904. The first-order valence-electron chi connectivity index (χ1n) is 11.8. The van der Waals surface area contributed by atoms with Gasteiger partial charge in [-0.3, -0.25) is 5.32 Å². The number of carbonyl (C=O) groups is 1. The lowest BCUT2D eigenvalue weighted by molar-refractivity contribution is 0.0775. The van der Waals surface area contributed by atoms with Crippen LogP contribution < -0.4 is 21.1 Å². The topological polar surface area (TPSA) is 149 Å². The summed E-state index contributed by atoms with van der Waals surface area (Å²) in [6.45, 7) is 3.55. The first kappa shape index (κ1) is 25.0. The van der Waals surface area contributed by atoms with E-state index in [9.17, 15) is 13.2 Å². The fourth-order valence-electron chi connectivity index (χ4n) is 4.62. The molecule has 0 aliphatic carbocycles. The molecule has 5 rings (SSSR count). The number of carbonyl (C=O) groups excluding carboxylic acids is 1. The summed E-state index contributed by atoms with van der Waals surface area (Å²) in [5, 5.41) is 6.80. The van der Waals surface area contributed by atoms with E-state index in [1.54, 1.807) is 18.3 Å². The lowest BCUT2D eigenvalue weighted by Crippen LogP contribution is -2.41. The molecule has 0 bridgehead atoms. The van der Waals surface area contributed by atoms with Crippen molar-refractivity contribution in [3.8, 4) is 17.0 Å². The number of fused-ring (bicyclic) bond motifs is 2. The molecule has 2 aliphatic heterocycles. The van der Waals surface area contributed by atoms with Gasteiger partial charge >= 0.3 is 6.09 Å². The Morgan fingerprint density at radius 2 is 2.00 bits per heavy atom. The Balaban J connectivity index is 1.37. The van der Waals surface area contributed by atoms with Gasteiger partial charge in [0.25, 0.3) is 0 Å². The Morgan fingerprint density at radius 3 is 2.73 bits per heavy atom. The summed E-state index contributed by atoms with van der Waals surface area (Å²) in [4.78, 5) is 21.0. The minimum atomic E-state index is -3.27. The third-order valence-corrected chi connectivity index (χ3v) is 7.91. The van der Waals surface area contributed by atoms with Gasteiger partial charge in [-0.15, -0.1) is 0 Å². The van der Waals surface area contributed by atoms with Crippen molar-refractivity contribution >= 4 is 44.1 Å². The van der Waals surface area contributed by atoms with E-state index in [0.717, 1.165) is 11.8 Å². The molecule has 4 N–H and O–H groups in total. The highest BCUT2D eigenvalue weighted by atomic mass is 32.2. The molecule has 1 saturated heterocycles. The Bertz CT molecular complexity index is 1490. The summed E-state index contributed by atoms with van der Waals surface area (Å²) in [7, 11) is -3.27. The minimum Gasteiger partial charge on any atom is -0.474 e.